The summed E-state index contributed by atoms with van der Waals surface area (Å²) in [6.45, 7) is 1.55. The number of hydrogen-bond acceptors (Lipinski definition) is 2. The molecule has 0 aromatic rings. The number of alkyl halides is 1. The van der Waals surface area contributed by atoms with Crippen molar-refractivity contribution in [1.29, 1.82) is 0 Å². The van der Waals surface area contributed by atoms with E-state index in [0.717, 1.165) is 45.3 Å². The van der Waals surface area contributed by atoms with Gasteiger partial charge in [-0.3, -0.25) is 0 Å². The Hall–Kier alpha value is -0.150. The Bertz CT molecular complexity index is 288. The van der Waals surface area contributed by atoms with Crippen LogP contribution in [0.5, 0.6) is 0 Å². The molecule has 0 spiro atoms. The smallest absolute Gasteiger partial charge is 0.157 e. The van der Waals surface area contributed by atoms with E-state index in [4.69, 9.17) is 9.47 Å². The van der Waals surface area contributed by atoms with Crippen LogP contribution in [-0.2, 0) is 9.47 Å². The summed E-state index contributed by atoms with van der Waals surface area (Å²) >= 11 is 0. The maximum absolute atomic E-state index is 15.4. The molecule has 1 aliphatic heterocycles. The van der Waals surface area contributed by atoms with Crippen molar-refractivity contribution in [1.82, 2.24) is 0 Å². The monoisotopic (exact) mass is 270 g/mol. The van der Waals surface area contributed by atoms with Gasteiger partial charge in [0.2, 0.25) is 0 Å². The van der Waals surface area contributed by atoms with Crippen molar-refractivity contribution in [2.45, 2.75) is 76.2 Å². The molecule has 2 aliphatic carbocycles. The van der Waals surface area contributed by atoms with E-state index in [0.29, 0.717) is 18.3 Å². The highest BCUT2D eigenvalue weighted by atomic mass is 19.1. The lowest BCUT2D eigenvalue weighted by Crippen LogP contribution is -2.44. The van der Waals surface area contributed by atoms with Crippen LogP contribution in [0.4, 0.5) is 4.39 Å². The lowest BCUT2D eigenvalue weighted by molar-refractivity contribution is -0.187. The van der Waals surface area contributed by atoms with E-state index in [2.05, 4.69) is 0 Å². The van der Waals surface area contributed by atoms with Gasteiger partial charge in [-0.05, 0) is 50.4 Å². The summed E-state index contributed by atoms with van der Waals surface area (Å²) in [6.07, 6.45) is 10.2. The quantitative estimate of drug-likeness (QED) is 0.764. The Balaban J connectivity index is 1.57. The molecule has 0 radical (unpaired) electrons. The minimum atomic E-state index is -0.937. The maximum Gasteiger partial charge on any atom is 0.157 e. The van der Waals surface area contributed by atoms with Crippen LogP contribution >= 0.6 is 0 Å². The summed E-state index contributed by atoms with van der Waals surface area (Å²) in [5, 5.41) is 0. The second kappa shape index (κ2) is 6.09. The molecule has 0 bridgehead atoms. The molecule has 3 heteroatoms. The molecule has 3 aliphatic rings. The van der Waals surface area contributed by atoms with Gasteiger partial charge < -0.3 is 9.47 Å². The maximum atomic E-state index is 15.4. The molecule has 0 aromatic heterocycles. The first-order valence-corrected chi connectivity index (χ1v) is 8.20. The molecule has 19 heavy (non-hydrogen) atoms. The third-order valence-electron chi connectivity index (χ3n) is 5.43. The summed E-state index contributed by atoms with van der Waals surface area (Å²) in [6, 6.07) is 0. The number of fused-ring (bicyclic) bond motifs is 1. The molecule has 3 atom stereocenters. The predicted molar refractivity (Wildman–Crippen MR) is 72.7 cm³/mol. The van der Waals surface area contributed by atoms with Gasteiger partial charge >= 0.3 is 0 Å². The van der Waals surface area contributed by atoms with Crippen LogP contribution in [0.1, 0.15) is 64.2 Å². The van der Waals surface area contributed by atoms with Crippen LogP contribution in [0.2, 0.25) is 0 Å². The van der Waals surface area contributed by atoms with Crippen molar-refractivity contribution in [2.24, 2.45) is 11.8 Å². The first-order valence-electron chi connectivity index (χ1n) is 8.20. The SMILES string of the molecule is F[C@@]1(CCC2OCCCO2)CCCC2CCCCC21. The van der Waals surface area contributed by atoms with E-state index in [-0.39, 0.29) is 6.29 Å². The Labute approximate surface area is 116 Å². The van der Waals surface area contributed by atoms with Crippen molar-refractivity contribution in [3.63, 3.8) is 0 Å². The van der Waals surface area contributed by atoms with Gasteiger partial charge in [-0.2, -0.15) is 0 Å². The third-order valence-corrected chi connectivity index (χ3v) is 5.43. The molecule has 3 fully saturated rings. The van der Waals surface area contributed by atoms with Crippen LogP contribution in [0.25, 0.3) is 0 Å². The zero-order chi connectivity index (χ0) is 13.1. The van der Waals surface area contributed by atoms with Gasteiger partial charge in [0.1, 0.15) is 5.67 Å². The highest BCUT2D eigenvalue weighted by molar-refractivity contribution is 4.96. The van der Waals surface area contributed by atoms with E-state index < -0.39 is 5.67 Å². The second-order valence-electron chi connectivity index (χ2n) is 6.64. The van der Waals surface area contributed by atoms with Crippen LogP contribution in [-0.4, -0.2) is 25.2 Å². The molecular weight excluding hydrogens is 243 g/mol. The van der Waals surface area contributed by atoms with E-state index in [9.17, 15) is 0 Å². The van der Waals surface area contributed by atoms with Crippen LogP contribution < -0.4 is 0 Å². The Kier molecular flexibility index (Phi) is 4.43. The lowest BCUT2D eigenvalue weighted by atomic mass is 9.63. The van der Waals surface area contributed by atoms with E-state index >= 15 is 4.39 Å². The molecule has 2 saturated carbocycles. The van der Waals surface area contributed by atoms with Crippen LogP contribution in [0.3, 0.4) is 0 Å². The molecule has 110 valence electrons. The first kappa shape index (κ1) is 13.8. The minimum absolute atomic E-state index is 0.148. The molecule has 0 N–H and O–H groups in total. The van der Waals surface area contributed by atoms with Gasteiger partial charge in [0.15, 0.2) is 6.29 Å². The minimum Gasteiger partial charge on any atom is -0.353 e. The third kappa shape index (κ3) is 3.13. The van der Waals surface area contributed by atoms with Crippen molar-refractivity contribution in [3.05, 3.63) is 0 Å². The number of rotatable bonds is 3. The zero-order valence-electron chi connectivity index (χ0n) is 11.9. The normalized spacial score (nSPS) is 40.9. The Morgan fingerprint density at radius 3 is 2.53 bits per heavy atom. The van der Waals surface area contributed by atoms with Crippen LogP contribution in [0, 0.1) is 11.8 Å². The van der Waals surface area contributed by atoms with Crippen molar-refractivity contribution in [2.75, 3.05) is 13.2 Å². The van der Waals surface area contributed by atoms with Crippen molar-refractivity contribution >= 4 is 0 Å². The molecule has 3 rings (SSSR count). The van der Waals surface area contributed by atoms with Gasteiger partial charge in [0, 0.05) is 6.42 Å². The average Bonchev–Trinajstić information content (AvgIpc) is 2.47. The Morgan fingerprint density at radius 1 is 0.947 bits per heavy atom. The van der Waals surface area contributed by atoms with Crippen molar-refractivity contribution < 1.29 is 13.9 Å². The van der Waals surface area contributed by atoms with Gasteiger partial charge in [0.05, 0.1) is 13.2 Å². The highest BCUT2D eigenvalue weighted by Crippen LogP contribution is 2.50. The molecule has 2 unspecified atom stereocenters. The van der Waals surface area contributed by atoms with Gasteiger partial charge in [-0.25, -0.2) is 4.39 Å². The predicted octanol–water partition coefficient (Wildman–Crippen LogP) is 4.23. The number of hydrogen-bond donors (Lipinski definition) is 0. The largest absolute Gasteiger partial charge is 0.353 e. The summed E-state index contributed by atoms with van der Waals surface area (Å²) in [7, 11) is 0. The fraction of sp³-hybridized carbons (Fsp3) is 1.00. The topological polar surface area (TPSA) is 18.5 Å². The summed E-state index contributed by atoms with van der Waals surface area (Å²) < 4.78 is 26.5. The standard InChI is InChI=1S/C16H27FO2/c17-16(10-8-15-18-11-4-12-19-15)9-3-6-13-5-1-2-7-14(13)16/h13-15H,1-12H2/t13?,14?,16-/m1/s1. The summed E-state index contributed by atoms with van der Waals surface area (Å²) in [5.41, 5.74) is -0.937. The molecule has 1 saturated heterocycles. The van der Waals surface area contributed by atoms with Gasteiger partial charge in [-0.15, -0.1) is 0 Å². The van der Waals surface area contributed by atoms with Gasteiger partial charge in [0.25, 0.3) is 0 Å². The number of ether oxygens (including phenoxy) is 2. The van der Waals surface area contributed by atoms with Crippen LogP contribution in [0.15, 0.2) is 0 Å². The summed E-state index contributed by atoms with van der Waals surface area (Å²) in [5.74, 6) is 0.972. The van der Waals surface area contributed by atoms with E-state index in [1.54, 1.807) is 0 Å². The highest BCUT2D eigenvalue weighted by Gasteiger charge is 2.46. The first-order chi connectivity index (χ1) is 9.28. The molecule has 1 heterocycles. The Morgan fingerprint density at radius 2 is 1.68 bits per heavy atom. The fourth-order valence-electron chi connectivity index (χ4n) is 4.45. The zero-order valence-corrected chi connectivity index (χ0v) is 11.9. The average molecular weight is 270 g/mol. The molecule has 0 aromatic carbocycles. The van der Waals surface area contributed by atoms with Gasteiger partial charge in [-0.1, -0.05) is 19.3 Å². The van der Waals surface area contributed by atoms with Crippen molar-refractivity contribution in [3.8, 4) is 0 Å². The molecular formula is C16H27FO2. The lowest BCUT2D eigenvalue weighted by Gasteiger charge is -2.46. The second-order valence-corrected chi connectivity index (χ2v) is 6.64. The fourth-order valence-corrected chi connectivity index (χ4v) is 4.45. The van der Waals surface area contributed by atoms with E-state index in [1.165, 1.54) is 25.7 Å². The summed E-state index contributed by atoms with van der Waals surface area (Å²) in [4.78, 5) is 0. The van der Waals surface area contributed by atoms with E-state index in [1.807, 2.05) is 0 Å². The molecule has 0 amide bonds. The molecule has 2 nitrogen and oxygen atoms in total. The number of halogens is 1.